The lowest BCUT2D eigenvalue weighted by Crippen LogP contribution is -2.47. The summed E-state index contributed by atoms with van der Waals surface area (Å²) in [4.78, 5) is 15.1. The molecule has 0 spiro atoms. The third-order valence-electron chi connectivity index (χ3n) is 5.45. The Morgan fingerprint density at radius 2 is 1.72 bits per heavy atom. The lowest BCUT2D eigenvalue weighted by molar-refractivity contribution is 0.0939. The van der Waals surface area contributed by atoms with E-state index in [0.717, 1.165) is 16.7 Å². The van der Waals surface area contributed by atoms with Gasteiger partial charge < -0.3 is 10.2 Å². The molecule has 1 amide bonds. The van der Waals surface area contributed by atoms with E-state index < -0.39 is 10.0 Å². The Kier molecular flexibility index (Phi) is 6.41. The molecule has 0 radical (unpaired) electrons. The SMILES string of the molecule is Cc1ccc(C)c(C(C)NC(=O)c2cccc(S(=O)(=O)N3CCN(C)CC3)c2)c1. The minimum Gasteiger partial charge on any atom is -0.346 e. The molecule has 1 atom stereocenters. The molecule has 29 heavy (non-hydrogen) atoms. The number of hydrogen-bond acceptors (Lipinski definition) is 4. The normalized spacial score (nSPS) is 17.1. The summed E-state index contributed by atoms with van der Waals surface area (Å²) in [6.45, 7) is 8.28. The van der Waals surface area contributed by atoms with Gasteiger partial charge in [-0.25, -0.2) is 8.42 Å². The molecule has 1 unspecified atom stereocenters. The average Bonchev–Trinajstić information content (AvgIpc) is 2.70. The maximum Gasteiger partial charge on any atom is 0.251 e. The molecule has 0 saturated carbocycles. The van der Waals surface area contributed by atoms with Gasteiger partial charge in [0.1, 0.15) is 0 Å². The second-order valence-corrected chi connectivity index (χ2v) is 9.73. The number of likely N-dealkylation sites (N-methyl/N-ethyl adjacent to an activating group) is 1. The predicted molar refractivity (Wildman–Crippen MR) is 114 cm³/mol. The van der Waals surface area contributed by atoms with Crippen LogP contribution in [-0.4, -0.2) is 56.8 Å². The van der Waals surface area contributed by atoms with E-state index in [-0.39, 0.29) is 16.8 Å². The zero-order chi connectivity index (χ0) is 21.2. The first kappa shape index (κ1) is 21.5. The fourth-order valence-electron chi connectivity index (χ4n) is 3.56. The molecule has 2 aromatic rings. The van der Waals surface area contributed by atoms with Gasteiger partial charge in [0.05, 0.1) is 10.9 Å². The van der Waals surface area contributed by atoms with Gasteiger partial charge in [-0.2, -0.15) is 4.31 Å². The van der Waals surface area contributed by atoms with Crippen molar-refractivity contribution in [3.63, 3.8) is 0 Å². The highest BCUT2D eigenvalue weighted by molar-refractivity contribution is 7.89. The van der Waals surface area contributed by atoms with Crippen molar-refractivity contribution < 1.29 is 13.2 Å². The van der Waals surface area contributed by atoms with E-state index >= 15 is 0 Å². The number of benzene rings is 2. The molecule has 0 aliphatic carbocycles. The molecular weight excluding hydrogens is 386 g/mol. The number of hydrogen-bond donors (Lipinski definition) is 1. The van der Waals surface area contributed by atoms with Crippen LogP contribution < -0.4 is 5.32 Å². The van der Waals surface area contributed by atoms with E-state index in [2.05, 4.69) is 16.3 Å². The van der Waals surface area contributed by atoms with Crippen LogP contribution in [0.2, 0.25) is 0 Å². The van der Waals surface area contributed by atoms with Gasteiger partial charge in [-0.3, -0.25) is 4.79 Å². The van der Waals surface area contributed by atoms with E-state index in [1.165, 1.54) is 10.4 Å². The van der Waals surface area contributed by atoms with Crippen LogP contribution in [0.1, 0.15) is 40.0 Å². The minimum atomic E-state index is -3.61. The number of amides is 1. The topological polar surface area (TPSA) is 69.7 Å². The highest BCUT2D eigenvalue weighted by Gasteiger charge is 2.28. The van der Waals surface area contributed by atoms with Gasteiger partial charge >= 0.3 is 0 Å². The highest BCUT2D eigenvalue weighted by Crippen LogP contribution is 2.21. The summed E-state index contributed by atoms with van der Waals surface area (Å²) in [5.74, 6) is -0.283. The molecule has 7 heteroatoms. The van der Waals surface area contributed by atoms with Crippen molar-refractivity contribution in [2.75, 3.05) is 33.2 Å². The Balaban J connectivity index is 1.78. The third kappa shape index (κ3) is 4.86. The molecule has 1 heterocycles. The second-order valence-electron chi connectivity index (χ2n) is 7.79. The first-order valence-electron chi connectivity index (χ1n) is 9.85. The zero-order valence-corrected chi connectivity index (χ0v) is 18.3. The van der Waals surface area contributed by atoms with E-state index in [9.17, 15) is 13.2 Å². The van der Waals surface area contributed by atoms with Crippen LogP contribution in [0.3, 0.4) is 0 Å². The first-order valence-corrected chi connectivity index (χ1v) is 11.3. The maximum absolute atomic E-state index is 13.0. The number of carbonyl (C=O) groups excluding carboxylic acids is 1. The number of aryl methyl sites for hydroxylation is 2. The van der Waals surface area contributed by atoms with Crippen molar-refractivity contribution >= 4 is 15.9 Å². The molecule has 6 nitrogen and oxygen atoms in total. The van der Waals surface area contributed by atoms with Crippen molar-refractivity contribution in [2.24, 2.45) is 0 Å². The van der Waals surface area contributed by atoms with Crippen molar-refractivity contribution in [1.82, 2.24) is 14.5 Å². The molecule has 1 fully saturated rings. The number of nitrogens with zero attached hydrogens (tertiary/aromatic N) is 2. The standard InChI is InChI=1S/C22H29N3O3S/c1-16-8-9-17(2)21(14-16)18(3)23-22(26)19-6-5-7-20(15-19)29(27,28)25-12-10-24(4)11-13-25/h5-9,14-15,18H,10-13H2,1-4H3,(H,23,26). The number of nitrogens with one attached hydrogen (secondary N) is 1. The van der Waals surface area contributed by atoms with Crippen molar-refractivity contribution in [3.8, 4) is 0 Å². The van der Waals surface area contributed by atoms with Crippen LogP contribution in [0.25, 0.3) is 0 Å². The van der Waals surface area contributed by atoms with Gasteiger partial charge in [-0.15, -0.1) is 0 Å². The van der Waals surface area contributed by atoms with E-state index in [4.69, 9.17) is 0 Å². The Labute approximate surface area is 173 Å². The molecule has 1 saturated heterocycles. The molecule has 1 N–H and O–H groups in total. The number of sulfonamides is 1. The molecule has 0 aromatic heterocycles. The zero-order valence-electron chi connectivity index (χ0n) is 17.5. The van der Waals surface area contributed by atoms with E-state index in [1.54, 1.807) is 18.2 Å². The van der Waals surface area contributed by atoms with Crippen LogP contribution in [0.5, 0.6) is 0 Å². The van der Waals surface area contributed by atoms with Crippen LogP contribution >= 0.6 is 0 Å². The van der Waals surface area contributed by atoms with Crippen LogP contribution in [0.15, 0.2) is 47.4 Å². The lowest BCUT2D eigenvalue weighted by atomic mass is 10.00. The molecular formula is C22H29N3O3S. The smallest absolute Gasteiger partial charge is 0.251 e. The summed E-state index contributed by atoms with van der Waals surface area (Å²) < 4.78 is 27.4. The highest BCUT2D eigenvalue weighted by atomic mass is 32.2. The fourth-order valence-corrected chi connectivity index (χ4v) is 5.03. The summed E-state index contributed by atoms with van der Waals surface area (Å²) in [6.07, 6.45) is 0. The molecule has 156 valence electrons. The quantitative estimate of drug-likeness (QED) is 0.815. The third-order valence-corrected chi connectivity index (χ3v) is 7.34. The van der Waals surface area contributed by atoms with E-state index in [0.29, 0.717) is 31.7 Å². The summed E-state index contributed by atoms with van der Waals surface area (Å²) in [6, 6.07) is 12.3. The first-order chi connectivity index (χ1) is 13.7. The summed E-state index contributed by atoms with van der Waals surface area (Å²) in [5, 5.41) is 2.99. The Hall–Kier alpha value is -2.22. The number of carbonyl (C=O) groups is 1. The molecule has 2 aromatic carbocycles. The Morgan fingerprint density at radius 3 is 2.41 bits per heavy atom. The summed E-state index contributed by atoms with van der Waals surface area (Å²) >= 11 is 0. The maximum atomic E-state index is 13.0. The minimum absolute atomic E-state index is 0.161. The Morgan fingerprint density at radius 1 is 1.03 bits per heavy atom. The van der Waals surface area contributed by atoms with Gasteiger partial charge in [0.2, 0.25) is 10.0 Å². The lowest BCUT2D eigenvalue weighted by Gasteiger charge is -2.31. The molecule has 1 aliphatic rings. The van der Waals surface area contributed by atoms with Gasteiger partial charge in [-0.05, 0) is 57.1 Å². The van der Waals surface area contributed by atoms with Crippen molar-refractivity contribution in [3.05, 3.63) is 64.7 Å². The van der Waals surface area contributed by atoms with Crippen LogP contribution in [0, 0.1) is 13.8 Å². The van der Waals surface area contributed by atoms with Gasteiger partial charge in [0.25, 0.3) is 5.91 Å². The molecule has 0 bridgehead atoms. The molecule has 1 aliphatic heterocycles. The monoisotopic (exact) mass is 415 g/mol. The van der Waals surface area contributed by atoms with Crippen molar-refractivity contribution in [2.45, 2.75) is 31.7 Å². The number of piperazine rings is 1. The summed E-state index contributed by atoms with van der Waals surface area (Å²) in [5.41, 5.74) is 3.64. The van der Waals surface area contributed by atoms with Gasteiger partial charge in [-0.1, -0.05) is 29.8 Å². The summed E-state index contributed by atoms with van der Waals surface area (Å²) in [7, 11) is -1.63. The van der Waals surface area contributed by atoms with Gasteiger partial charge in [0, 0.05) is 31.7 Å². The predicted octanol–water partition coefficient (Wildman–Crippen LogP) is 2.73. The van der Waals surface area contributed by atoms with Gasteiger partial charge in [0.15, 0.2) is 0 Å². The van der Waals surface area contributed by atoms with E-state index in [1.807, 2.05) is 40.0 Å². The fraction of sp³-hybridized carbons (Fsp3) is 0.409. The van der Waals surface area contributed by atoms with Crippen LogP contribution in [0.4, 0.5) is 0 Å². The largest absolute Gasteiger partial charge is 0.346 e. The second kappa shape index (κ2) is 8.65. The Bertz CT molecular complexity index is 996. The van der Waals surface area contributed by atoms with Crippen LogP contribution in [-0.2, 0) is 10.0 Å². The average molecular weight is 416 g/mol. The van der Waals surface area contributed by atoms with Crippen molar-refractivity contribution in [1.29, 1.82) is 0 Å². The number of rotatable bonds is 5. The molecule has 3 rings (SSSR count).